The summed E-state index contributed by atoms with van der Waals surface area (Å²) in [6.45, 7) is 2.54. The van der Waals surface area contributed by atoms with Gasteiger partial charge in [0.25, 0.3) is 0 Å². The molecule has 0 aliphatic carbocycles. The van der Waals surface area contributed by atoms with Crippen LogP contribution in [0.5, 0.6) is 0 Å². The quantitative estimate of drug-likeness (QED) is 0.509. The maximum absolute atomic E-state index is 11.9. The summed E-state index contributed by atoms with van der Waals surface area (Å²) in [5.41, 5.74) is 5.42. The summed E-state index contributed by atoms with van der Waals surface area (Å²) in [6.07, 6.45) is 2.55. The molecule has 1 aliphatic rings. The Hall–Kier alpha value is -0.640. The number of hydrogen-bond acceptors (Lipinski definition) is 2. The molecule has 76 valence electrons. The van der Waals surface area contributed by atoms with Gasteiger partial charge < -0.3 is 10.6 Å². The number of rotatable bonds is 4. The monoisotopic (exact) mass is 187 g/mol. The van der Waals surface area contributed by atoms with Gasteiger partial charge in [0.05, 0.1) is 12.5 Å². The van der Waals surface area contributed by atoms with Gasteiger partial charge in [-0.15, -0.1) is 0 Å². The summed E-state index contributed by atoms with van der Waals surface area (Å²) in [7, 11) is 0. The molecule has 4 heteroatoms. The molecule has 1 heterocycles. The fraction of sp³-hybridized carbons (Fsp3) is 0.889. The van der Waals surface area contributed by atoms with E-state index in [1.807, 2.05) is 0 Å². The van der Waals surface area contributed by atoms with Crippen LogP contribution in [0.2, 0.25) is 0 Å². The number of alkyl halides is 1. The first kappa shape index (κ1) is 10.4. The molecule has 13 heavy (non-hydrogen) atoms. The standard InChI is InChI=1S/C9H18FN3/c10-4-1-5-13-6-2-8(3-7-13)9(11)12/h8H,1-7H2,(H3,11,12). The lowest BCUT2D eigenvalue weighted by molar-refractivity contribution is 0.201. The predicted molar refractivity (Wildman–Crippen MR) is 51.7 cm³/mol. The van der Waals surface area contributed by atoms with Gasteiger partial charge in [-0.05, 0) is 32.4 Å². The second-order valence-corrected chi connectivity index (χ2v) is 3.61. The van der Waals surface area contributed by atoms with Gasteiger partial charge >= 0.3 is 0 Å². The Morgan fingerprint density at radius 1 is 1.46 bits per heavy atom. The first-order chi connectivity index (χ1) is 6.24. The van der Waals surface area contributed by atoms with Crippen LogP contribution in [0.1, 0.15) is 19.3 Å². The largest absolute Gasteiger partial charge is 0.387 e. The fourth-order valence-electron chi connectivity index (χ4n) is 1.75. The second kappa shape index (κ2) is 5.17. The summed E-state index contributed by atoms with van der Waals surface area (Å²) >= 11 is 0. The van der Waals surface area contributed by atoms with E-state index >= 15 is 0 Å². The van der Waals surface area contributed by atoms with E-state index < -0.39 is 0 Å². The predicted octanol–water partition coefficient (Wildman–Crippen LogP) is 0.994. The van der Waals surface area contributed by atoms with Crippen LogP contribution in [0.15, 0.2) is 0 Å². The van der Waals surface area contributed by atoms with Gasteiger partial charge in [0.2, 0.25) is 0 Å². The lowest BCUT2D eigenvalue weighted by Crippen LogP contribution is -2.38. The molecule has 0 aromatic rings. The second-order valence-electron chi connectivity index (χ2n) is 3.61. The smallest absolute Gasteiger partial charge is 0.0937 e. The molecule has 1 rings (SSSR count). The lowest BCUT2D eigenvalue weighted by Gasteiger charge is -2.30. The Morgan fingerprint density at radius 2 is 2.08 bits per heavy atom. The number of nitrogens with one attached hydrogen (secondary N) is 1. The average Bonchev–Trinajstić information content (AvgIpc) is 2.15. The van der Waals surface area contributed by atoms with Crippen molar-refractivity contribution in [1.29, 1.82) is 5.41 Å². The van der Waals surface area contributed by atoms with Gasteiger partial charge in [0, 0.05) is 12.5 Å². The van der Waals surface area contributed by atoms with Crippen molar-refractivity contribution in [1.82, 2.24) is 4.90 Å². The number of nitrogens with two attached hydrogens (primary N) is 1. The van der Waals surface area contributed by atoms with Crippen molar-refractivity contribution in [2.75, 3.05) is 26.3 Å². The lowest BCUT2D eigenvalue weighted by atomic mass is 9.96. The van der Waals surface area contributed by atoms with Gasteiger partial charge in [0.1, 0.15) is 0 Å². The normalized spacial score (nSPS) is 20.4. The number of likely N-dealkylation sites (tertiary alicyclic amines) is 1. The highest BCUT2D eigenvalue weighted by Gasteiger charge is 2.20. The van der Waals surface area contributed by atoms with E-state index in [1.165, 1.54) is 0 Å². The maximum atomic E-state index is 11.9. The molecule has 0 radical (unpaired) electrons. The van der Waals surface area contributed by atoms with Crippen LogP contribution in [0, 0.1) is 11.3 Å². The Morgan fingerprint density at radius 3 is 2.54 bits per heavy atom. The van der Waals surface area contributed by atoms with Crippen LogP contribution in [-0.4, -0.2) is 37.0 Å². The zero-order valence-electron chi connectivity index (χ0n) is 7.93. The van der Waals surface area contributed by atoms with E-state index in [2.05, 4.69) is 4.90 Å². The molecule has 0 amide bonds. The van der Waals surface area contributed by atoms with Crippen molar-refractivity contribution in [2.24, 2.45) is 11.7 Å². The molecule has 0 saturated carbocycles. The molecule has 0 aromatic carbocycles. The number of nitrogens with zero attached hydrogens (tertiary/aromatic N) is 1. The van der Waals surface area contributed by atoms with Crippen molar-refractivity contribution in [3.63, 3.8) is 0 Å². The Labute approximate surface area is 78.6 Å². The highest BCUT2D eigenvalue weighted by molar-refractivity contribution is 5.79. The van der Waals surface area contributed by atoms with Crippen molar-refractivity contribution in [2.45, 2.75) is 19.3 Å². The molecule has 0 aromatic heterocycles. The third-order valence-electron chi connectivity index (χ3n) is 2.64. The topological polar surface area (TPSA) is 53.1 Å². The third-order valence-corrected chi connectivity index (χ3v) is 2.64. The van der Waals surface area contributed by atoms with E-state index in [0.717, 1.165) is 32.5 Å². The molecule has 3 nitrogen and oxygen atoms in total. The number of halogens is 1. The number of amidine groups is 1. The fourth-order valence-corrected chi connectivity index (χ4v) is 1.75. The van der Waals surface area contributed by atoms with Crippen LogP contribution in [0.4, 0.5) is 4.39 Å². The van der Waals surface area contributed by atoms with Crippen molar-refractivity contribution < 1.29 is 4.39 Å². The zero-order valence-corrected chi connectivity index (χ0v) is 7.93. The van der Waals surface area contributed by atoms with Crippen molar-refractivity contribution in [3.8, 4) is 0 Å². The van der Waals surface area contributed by atoms with Gasteiger partial charge in [-0.25, -0.2) is 0 Å². The van der Waals surface area contributed by atoms with E-state index in [4.69, 9.17) is 11.1 Å². The minimum Gasteiger partial charge on any atom is -0.387 e. The SMILES string of the molecule is N=C(N)C1CCN(CCCF)CC1. The minimum atomic E-state index is -0.230. The van der Waals surface area contributed by atoms with Crippen LogP contribution in [0.25, 0.3) is 0 Å². The summed E-state index contributed by atoms with van der Waals surface area (Å²) in [5.74, 6) is 0.576. The Balaban J connectivity index is 2.18. The van der Waals surface area contributed by atoms with E-state index in [0.29, 0.717) is 12.3 Å². The van der Waals surface area contributed by atoms with Crippen LogP contribution >= 0.6 is 0 Å². The highest BCUT2D eigenvalue weighted by Crippen LogP contribution is 2.16. The Bertz CT molecular complexity index is 164. The summed E-state index contributed by atoms with van der Waals surface area (Å²) < 4.78 is 11.9. The molecule has 0 atom stereocenters. The molecule has 1 saturated heterocycles. The minimum absolute atomic E-state index is 0.230. The molecule has 0 bridgehead atoms. The molecule has 0 spiro atoms. The van der Waals surface area contributed by atoms with Crippen LogP contribution in [-0.2, 0) is 0 Å². The molecular weight excluding hydrogens is 169 g/mol. The first-order valence-corrected chi connectivity index (χ1v) is 4.86. The van der Waals surface area contributed by atoms with E-state index in [9.17, 15) is 4.39 Å². The van der Waals surface area contributed by atoms with Crippen LogP contribution < -0.4 is 5.73 Å². The molecule has 0 unspecified atom stereocenters. The summed E-state index contributed by atoms with van der Waals surface area (Å²) in [6, 6.07) is 0. The molecule has 3 N–H and O–H groups in total. The molecular formula is C9H18FN3. The summed E-state index contributed by atoms with van der Waals surface area (Å²) in [5, 5.41) is 7.29. The number of piperidine rings is 1. The van der Waals surface area contributed by atoms with Crippen molar-refractivity contribution >= 4 is 5.84 Å². The average molecular weight is 187 g/mol. The first-order valence-electron chi connectivity index (χ1n) is 4.86. The number of hydrogen-bond donors (Lipinski definition) is 2. The van der Waals surface area contributed by atoms with E-state index in [1.54, 1.807) is 0 Å². The van der Waals surface area contributed by atoms with Gasteiger partial charge in [-0.2, -0.15) is 0 Å². The Kier molecular flexibility index (Phi) is 4.15. The highest BCUT2D eigenvalue weighted by atomic mass is 19.1. The summed E-state index contributed by atoms with van der Waals surface area (Å²) in [4.78, 5) is 2.25. The zero-order chi connectivity index (χ0) is 9.68. The maximum Gasteiger partial charge on any atom is 0.0937 e. The van der Waals surface area contributed by atoms with Gasteiger partial charge in [0.15, 0.2) is 0 Å². The molecule has 1 fully saturated rings. The van der Waals surface area contributed by atoms with Crippen LogP contribution in [0.3, 0.4) is 0 Å². The third kappa shape index (κ3) is 3.30. The van der Waals surface area contributed by atoms with Gasteiger partial charge in [-0.3, -0.25) is 9.80 Å². The van der Waals surface area contributed by atoms with Crippen molar-refractivity contribution in [3.05, 3.63) is 0 Å². The van der Waals surface area contributed by atoms with E-state index in [-0.39, 0.29) is 12.6 Å². The molecule has 1 aliphatic heterocycles. The van der Waals surface area contributed by atoms with Gasteiger partial charge in [-0.1, -0.05) is 0 Å².